The number of rotatable bonds is 1. The molecule has 1 aliphatic rings. The largest absolute Gasteiger partial charge is 0.384 e. The minimum absolute atomic E-state index is 0.0541. The van der Waals surface area contributed by atoms with Gasteiger partial charge in [-0.1, -0.05) is 25.4 Å². The third kappa shape index (κ3) is 1.32. The molecule has 1 heterocycles. The SMILES string of the molecule is CC1(C)CCCC1(O)c1sccc1Cl. The van der Waals surface area contributed by atoms with E-state index in [-0.39, 0.29) is 5.41 Å². The van der Waals surface area contributed by atoms with Crippen LogP contribution < -0.4 is 0 Å². The van der Waals surface area contributed by atoms with Gasteiger partial charge < -0.3 is 5.11 Å². The van der Waals surface area contributed by atoms with E-state index in [4.69, 9.17) is 11.6 Å². The molecular weight excluding hydrogens is 216 g/mol. The van der Waals surface area contributed by atoms with Crippen molar-refractivity contribution in [2.24, 2.45) is 5.41 Å². The zero-order valence-corrected chi connectivity index (χ0v) is 10.1. The fourth-order valence-corrected chi connectivity index (χ4v) is 3.86. The Bertz CT molecular complexity index is 345. The van der Waals surface area contributed by atoms with E-state index in [0.29, 0.717) is 5.02 Å². The summed E-state index contributed by atoms with van der Waals surface area (Å²) >= 11 is 7.65. The molecule has 1 unspecified atom stereocenters. The van der Waals surface area contributed by atoms with Gasteiger partial charge in [-0.25, -0.2) is 0 Å². The highest BCUT2D eigenvalue weighted by atomic mass is 35.5. The van der Waals surface area contributed by atoms with Crippen LogP contribution in [0.1, 0.15) is 38.0 Å². The summed E-state index contributed by atoms with van der Waals surface area (Å²) in [6, 6.07) is 1.87. The summed E-state index contributed by atoms with van der Waals surface area (Å²) in [5.41, 5.74) is -0.764. The van der Waals surface area contributed by atoms with E-state index >= 15 is 0 Å². The summed E-state index contributed by atoms with van der Waals surface area (Å²) in [6.45, 7) is 4.24. The van der Waals surface area contributed by atoms with Gasteiger partial charge in [0.15, 0.2) is 0 Å². The predicted molar refractivity (Wildman–Crippen MR) is 60.9 cm³/mol. The van der Waals surface area contributed by atoms with Gasteiger partial charge in [0.1, 0.15) is 5.60 Å². The van der Waals surface area contributed by atoms with Crippen LogP contribution in [0, 0.1) is 5.41 Å². The molecule has 0 amide bonds. The van der Waals surface area contributed by atoms with Gasteiger partial charge in [0, 0.05) is 0 Å². The molecular formula is C11H15ClOS. The Balaban J connectivity index is 2.47. The lowest BCUT2D eigenvalue weighted by Gasteiger charge is -2.36. The molecule has 0 aliphatic heterocycles. The third-order valence-corrected chi connectivity index (χ3v) is 4.95. The van der Waals surface area contributed by atoms with Gasteiger partial charge in [-0.2, -0.15) is 0 Å². The second-order valence-electron chi connectivity index (χ2n) is 4.70. The second kappa shape index (κ2) is 3.22. The Morgan fingerprint density at radius 2 is 2.14 bits per heavy atom. The molecule has 0 radical (unpaired) electrons. The lowest BCUT2D eigenvalue weighted by Crippen LogP contribution is -2.36. The van der Waals surface area contributed by atoms with E-state index in [1.165, 1.54) is 0 Å². The third-order valence-electron chi connectivity index (χ3n) is 3.45. The van der Waals surface area contributed by atoms with Crippen LogP contribution in [0.25, 0.3) is 0 Å². The molecule has 1 aromatic heterocycles. The van der Waals surface area contributed by atoms with Crippen LogP contribution in [0.15, 0.2) is 11.4 Å². The lowest BCUT2D eigenvalue weighted by molar-refractivity contribution is -0.0452. The molecule has 1 aromatic rings. The minimum atomic E-state index is -0.710. The van der Waals surface area contributed by atoms with E-state index in [1.54, 1.807) is 11.3 Å². The maximum atomic E-state index is 10.7. The first-order valence-corrected chi connectivity index (χ1v) is 6.19. The molecule has 3 heteroatoms. The van der Waals surface area contributed by atoms with E-state index in [2.05, 4.69) is 13.8 Å². The first-order valence-electron chi connectivity index (χ1n) is 4.93. The Morgan fingerprint density at radius 1 is 1.43 bits per heavy atom. The number of hydrogen-bond donors (Lipinski definition) is 1. The molecule has 0 aromatic carbocycles. The fraction of sp³-hybridized carbons (Fsp3) is 0.636. The first-order chi connectivity index (χ1) is 6.47. The number of aliphatic hydroxyl groups is 1. The molecule has 78 valence electrons. The summed E-state index contributed by atoms with van der Waals surface area (Å²) in [5, 5.41) is 13.3. The Hall–Kier alpha value is -0.0500. The van der Waals surface area contributed by atoms with Crippen molar-refractivity contribution in [1.82, 2.24) is 0 Å². The summed E-state index contributed by atoms with van der Waals surface area (Å²) in [5.74, 6) is 0. The van der Waals surface area contributed by atoms with Crippen LogP contribution in [-0.4, -0.2) is 5.11 Å². The zero-order valence-electron chi connectivity index (χ0n) is 8.51. The van der Waals surface area contributed by atoms with Crippen molar-refractivity contribution in [2.45, 2.75) is 38.7 Å². The molecule has 2 rings (SSSR count). The molecule has 14 heavy (non-hydrogen) atoms. The smallest absolute Gasteiger partial charge is 0.105 e. The summed E-state index contributed by atoms with van der Waals surface area (Å²) in [6.07, 6.45) is 2.98. The van der Waals surface area contributed by atoms with Crippen LogP contribution in [0.5, 0.6) is 0 Å². The van der Waals surface area contributed by atoms with Gasteiger partial charge in [-0.15, -0.1) is 11.3 Å². The van der Waals surface area contributed by atoms with Crippen molar-refractivity contribution in [1.29, 1.82) is 0 Å². The van der Waals surface area contributed by atoms with Crippen molar-refractivity contribution >= 4 is 22.9 Å². The van der Waals surface area contributed by atoms with E-state index in [0.717, 1.165) is 24.1 Å². The predicted octanol–water partition coefficient (Wildman–Crippen LogP) is 3.80. The average Bonchev–Trinajstić information content (AvgIpc) is 2.59. The van der Waals surface area contributed by atoms with Crippen molar-refractivity contribution in [3.8, 4) is 0 Å². The van der Waals surface area contributed by atoms with Gasteiger partial charge >= 0.3 is 0 Å². The van der Waals surface area contributed by atoms with Crippen molar-refractivity contribution in [3.05, 3.63) is 21.3 Å². The van der Waals surface area contributed by atoms with E-state index < -0.39 is 5.60 Å². The van der Waals surface area contributed by atoms with Crippen molar-refractivity contribution < 1.29 is 5.11 Å². The van der Waals surface area contributed by atoms with Gasteiger partial charge in [-0.05, 0) is 36.1 Å². The average molecular weight is 231 g/mol. The highest BCUT2D eigenvalue weighted by Crippen LogP contribution is 2.54. The van der Waals surface area contributed by atoms with Crippen LogP contribution in [0.3, 0.4) is 0 Å². The molecule has 1 nitrogen and oxygen atoms in total. The molecule has 1 atom stereocenters. The van der Waals surface area contributed by atoms with E-state index in [1.807, 2.05) is 11.4 Å². The molecule has 0 spiro atoms. The zero-order chi connectivity index (χ0) is 10.4. The maximum absolute atomic E-state index is 10.7. The molecule has 1 fully saturated rings. The first kappa shape index (κ1) is 10.5. The Morgan fingerprint density at radius 3 is 2.57 bits per heavy atom. The molecule has 1 aliphatic carbocycles. The Labute approximate surface area is 93.7 Å². The number of halogens is 1. The van der Waals surface area contributed by atoms with Crippen LogP contribution in [0.4, 0.5) is 0 Å². The molecule has 1 saturated carbocycles. The summed E-state index contributed by atoms with van der Waals surface area (Å²) in [4.78, 5) is 0.946. The fourth-order valence-electron chi connectivity index (χ4n) is 2.34. The van der Waals surface area contributed by atoms with Crippen molar-refractivity contribution in [3.63, 3.8) is 0 Å². The summed E-state index contributed by atoms with van der Waals surface area (Å²) < 4.78 is 0. The van der Waals surface area contributed by atoms with Gasteiger partial charge in [-0.3, -0.25) is 0 Å². The normalized spacial score (nSPS) is 30.9. The monoisotopic (exact) mass is 230 g/mol. The maximum Gasteiger partial charge on any atom is 0.105 e. The quantitative estimate of drug-likeness (QED) is 0.778. The highest BCUT2D eigenvalue weighted by molar-refractivity contribution is 7.10. The highest BCUT2D eigenvalue weighted by Gasteiger charge is 2.50. The standard InChI is InChI=1S/C11H15ClOS/c1-10(2)5-3-6-11(10,13)9-8(12)4-7-14-9/h4,7,13H,3,5-6H2,1-2H3. The minimum Gasteiger partial charge on any atom is -0.384 e. The molecule has 0 bridgehead atoms. The van der Waals surface area contributed by atoms with Gasteiger partial charge in [0.05, 0.1) is 9.90 Å². The molecule has 1 N–H and O–H groups in total. The van der Waals surface area contributed by atoms with Crippen LogP contribution >= 0.6 is 22.9 Å². The van der Waals surface area contributed by atoms with E-state index in [9.17, 15) is 5.11 Å². The number of hydrogen-bond acceptors (Lipinski definition) is 2. The van der Waals surface area contributed by atoms with Crippen molar-refractivity contribution in [2.75, 3.05) is 0 Å². The van der Waals surface area contributed by atoms with Gasteiger partial charge in [0.25, 0.3) is 0 Å². The summed E-state index contributed by atoms with van der Waals surface area (Å²) in [7, 11) is 0. The lowest BCUT2D eigenvalue weighted by atomic mass is 9.77. The van der Waals surface area contributed by atoms with Crippen LogP contribution in [-0.2, 0) is 5.60 Å². The second-order valence-corrected chi connectivity index (χ2v) is 6.02. The molecule has 0 saturated heterocycles. The topological polar surface area (TPSA) is 20.2 Å². The Kier molecular flexibility index (Phi) is 2.41. The van der Waals surface area contributed by atoms with Gasteiger partial charge in [0.2, 0.25) is 0 Å². The number of thiophene rings is 1. The van der Waals surface area contributed by atoms with Crippen LogP contribution in [0.2, 0.25) is 5.02 Å².